The molecule has 0 aromatic heterocycles. The summed E-state index contributed by atoms with van der Waals surface area (Å²) in [6.07, 6.45) is 2.39. The molecule has 0 saturated carbocycles. The van der Waals surface area contributed by atoms with E-state index in [9.17, 15) is 0 Å². The molecule has 0 fully saturated rings. The first-order chi connectivity index (χ1) is 7.61. The van der Waals surface area contributed by atoms with Crippen molar-refractivity contribution in [1.82, 2.24) is 0 Å². The van der Waals surface area contributed by atoms with Crippen LogP contribution < -0.4 is 5.73 Å². The van der Waals surface area contributed by atoms with Crippen LogP contribution in [0.3, 0.4) is 0 Å². The second-order valence-corrected chi connectivity index (χ2v) is 2.70. The minimum atomic E-state index is -0.833. The lowest BCUT2D eigenvalue weighted by Crippen LogP contribution is -1.95. The van der Waals surface area contributed by atoms with E-state index in [1.165, 1.54) is 12.8 Å². The van der Waals surface area contributed by atoms with E-state index in [0.29, 0.717) is 0 Å². The summed E-state index contributed by atoms with van der Waals surface area (Å²) in [4.78, 5) is 27.0. The summed E-state index contributed by atoms with van der Waals surface area (Å²) in [5.41, 5.74) is 5.14. The molecule has 0 aromatic rings. The van der Waals surface area contributed by atoms with Crippen molar-refractivity contribution in [2.45, 2.75) is 40.5 Å². The van der Waals surface area contributed by atoms with Gasteiger partial charge in [-0.15, -0.1) is 0 Å². The second-order valence-electron chi connectivity index (χ2n) is 2.70. The van der Waals surface area contributed by atoms with Crippen LogP contribution in [0.2, 0.25) is 0 Å². The van der Waals surface area contributed by atoms with E-state index < -0.39 is 17.9 Å². The molecule has 0 atom stereocenters. The topological polar surface area (TPSA) is 138 Å². The van der Waals surface area contributed by atoms with E-state index in [1.54, 1.807) is 0 Å². The van der Waals surface area contributed by atoms with Gasteiger partial charge in [-0.25, -0.2) is 0 Å². The van der Waals surface area contributed by atoms with Gasteiger partial charge < -0.3 is 21.1 Å². The molecule has 0 bridgehead atoms. The SMILES string of the molecule is CC(=O)O.CC(=O)O.CC(=O)O.CCCCN. The third kappa shape index (κ3) is 16100. The van der Waals surface area contributed by atoms with Gasteiger partial charge in [0.1, 0.15) is 0 Å². The Morgan fingerprint density at radius 1 is 0.882 bits per heavy atom. The van der Waals surface area contributed by atoms with Crippen LogP contribution in [-0.2, 0) is 14.4 Å². The summed E-state index contributed by atoms with van der Waals surface area (Å²) in [5.74, 6) is -2.50. The number of nitrogens with two attached hydrogens (primary N) is 1. The molecule has 0 radical (unpaired) electrons. The predicted octanol–water partition coefficient (Wildman–Crippen LogP) is 1.02. The number of rotatable bonds is 2. The van der Waals surface area contributed by atoms with Gasteiger partial charge in [0.2, 0.25) is 0 Å². The number of carboxylic acids is 3. The third-order valence-electron chi connectivity index (χ3n) is 0.558. The zero-order chi connectivity index (χ0) is 14.9. The van der Waals surface area contributed by atoms with Crippen molar-refractivity contribution >= 4 is 17.9 Å². The van der Waals surface area contributed by atoms with Gasteiger partial charge in [0.15, 0.2) is 0 Å². The zero-order valence-electron chi connectivity index (χ0n) is 10.8. The maximum Gasteiger partial charge on any atom is 0.300 e. The first-order valence-corrected chi connectivity index (χ1v) is 4.90. The summed E-state index contributed by atoms with van der Waals surface area (Å²) >= 11 is 0. The molecule has 0 amide bonds. The third-order valence-corrected chi connectivity index (χ3v) is 0.558. The van der Waals surface area contributed by atoms with Gasteiger partial charge in [-0.05, 0) is 13.0 Å². The number of carbonyl (C=O) groups is 3. The summed E-state index contributed by atoms with van der Waals surface area (Å²) < 4.78 is 0. The van der Waals surface area contributed by atoms with Crippen LogP contribution in [0, 0.1) is 0 Å². The molecule has 0 rings (SSSR count). The lowest BCUT2D eigenvalue weighted by Gasteiger charge is -1.80. The van der Waals surface area contributed by atoms with Gasteiger partial charge in [-0.1, -0.05) is 13.3 Å². The fourth-order valence-corrected chi connectivity index (χ4v) is 0.204. The normalized spacial score (nSPS) is 6.88. The van der Waals surface area contributed by atoms with Crippen molar-refractivity contribution in [1.29, 1.82) is 0 Å². The molecule has 0 aliphatic rings. The highest BCUT2D eigenvalue weighted by Gasteiger charge is 1.68. The minimum Gasteiger partial charge on any atom is -0.481 e. The molecule has 0 aromatic carbocycles. The monoisotopic (exact) mass is 253 g/mol. The molecule has 0 aliphatic carbocycles. The van der Waals surface area contributed by atoms with Crippen LogP contribution in [0.1, 0.15) is 40.5 Å². The lowest BCUT2D eigenvalue weighted by molar-refractivity contribution is -0.135. The van der Waals surface area contributed by atoms with Gasteiger partial charge in [0.25, 0.3) is 17.9 Å². The second kappa shape index (κ2) is 23.9. The molecule has 17 heavy (non-hydrogen) atoms. The van der Waals surface area contributed by atoms with E-state index in [0.717, 1.165) is 27.3 Å². The minimum absolute atomic E-state index is 0.833. The Labute approximate surface area is 101 Å². The average Bonchev–Trinajstić information content (AvgIpc) is 2.01. The highest BCUT2D eigenvalue weighted by Crippen LogP contribution is 1.77. The van der Waals surface area contributed by atoms with Crippen LogP contribution in [0.4, 0.5) is 0 Å². The van der Waals surface area contributed by atoms with Crippen molar-refractivity contribution in [3.05, 3.63) is 0 Å². The average molecular weight is 253 g/mol. The number of hydrogen-bond donors (Lipinski definition) is 4. The molecule has 0 saturated heterocycles. The molecule has 0 unspecified atom stereocenters. The van der Waals surface area contributed by atoms with E-state index >= 15 is 0 Å². The van der Waals surface area contributed by atoms with Gasteiger partial charge in [0.05, 0.1) is 0 Å². The largest absolute Gasteiger partial charge is 0.481 e. The Balaban J connectivity index is -0.0000000667. The van der Waals surface area contributed by atoms with Crippen LogP contribution in [0.25, 0.3) is 0 Å². The Morgan fingerprint density at radius 2 is 1.06 bits per heavy atom. The molecule has 7 nitrogen and oxygen atoms in total. The standard InChI is InChI=1S/C4H11N.3C2H4O2/c1-2-3-4-5;3*1-2(3)4/h2-5H2,1H3;3*1H3,(H,3,4). The molecular weight excluding hydrogens is 230 g/mol. The first kappa shape index (κ1) is 24.6. The van der Waals surface area contributed by atoms with Gasteiger partial charge in [-0.2, -0.15) is 0 Å². The van der Waals surface area contributed by atoms with Crippen LogP contribution >= 0.6 is 0 Å². The summed E-state index contributed by atoms with van der Waals surface area (Å²) in [7, 11) is 0. The fourth-order valence-electron chi connectivity index (χ4n) is 0.204. The van der Waals surface area contributed by atoms with Crippen LogP contribution in [0.5, 0.6) is 0 Å². The lowest BCUT2D eigenvalue weighted by atomic mass is 10.3. The highest BCUT2D eigenvalue weighted by atomic mass is 16.4. The highest BCUT2D eigenvalue weighted by molar-refractivity contribution is 5.63. The van der Waals surface area contributed by atoms with Crippen molar-refractivity contribution in [2.75, 3.05) is 6.54 Å². The zero-order valence-corrected chi connectivity index (χ0v) is 10.8. The van der Waals surface area contributed by atoms with E-state index in [1.807, 2.05) is 0 Å². The van der Waals surface area contributed by atoms with Crippen molar-refractivity contribution in [3.63, 3.8) is 0 Å². The Hall–Kier alpha value is -1.63. The van der Waals surface area contributed by atoms with Crippen LogP contribution in [0.15, 0.2) is 0 Å². The van der Waals surface area contributed by atoms with Gasteiger partial charge in [0, 0.05) is 20.8 Å². The number of aliphatic carboxylic acids is 3. The molecular formula is C10H23NO6. The Morgan fingerprint density at radius 3 is 1.06 bits per heavy atom. The van der Waals surface area contributed by atoms with E-state index in [-0.39, 0.29) is 0 Å². The predicted molar refractivity (Wildman–Crippen MR) is 63.9 cm³/mol. The van der Waals surface area contributed by atoms with Gasteiger partial charge >= 0.3 is 0 Å². The molecule has 0 aliphatic heterocycles. The fraction of sp³-hybridized carbons (Fsp3) is 0.700. The maximum atomic E-state index is 9.00. The summed E-state index contributed by atoms with van der Waals surface area (Å²) in [6, 6.07) is 0. The maximum absolute atomic E-state index is 9.00. The summed E-state index contributed by atoms with van der Waals surface area (Å²) in [5, 5.41) is 22.2. The van der Waals surface area contributed by atoms with Gasteiger partial charge in [-0.3, -0.25) is 14.4 Å². The Kier molecular flexibility index (Phi) is 34.5. The smallest absolute Gasteiger partial charge is 0.300 e. The quantitative estimate of drug-likeness (QED) is 0.576. The molecule has 5 N–H and O–H groups in total. The molecule has 104 valence electrons. The molecule has 0 spiro atoms. The van der Waals surface area contributed by atoms with E-state index in [4.69, 9.17) is 35.4 Å². The molecule has 7 heteroatoms. The van der Waals surface area contributed by atoms with E-state index in [2.05, 4.69) is 6.92 Å². The summed E-state index contributed by atoms with van der Waals surface area (Å²) in [6.45, 7) is 6.23. The van der Waals surface area contributed by atoms with Crippen LogP contribution in [-0.4, -0.2) is 39.8 Å². The van der Waals surface area contributed by atoms with Crippen molar-refractivity contribution < 1.29 is 29.7 Å². The molecule has 0 heterocycles. The number of unbranched alkanes of at least 4 members (excludes halogenated alkanes) is 1. The number of hydrogen-bond acceptors (Lipinski definition) is 4. The first-order valence-electron chi connectivity index (χ1n) is 4.90. The number of carboxylic acid groups (broad SMARTS) is 3. The van der Waals surface area contributed by atoms with Crippen molar-refractivity contribution in [2.24, 2.45) is 5.73 Å². The van der Waals surface area contributed by atoms with Crippen molar-refractivity contribution in [3.8, 4) is 0 Å². The Bertz CT molecular complexity index is 151.